The van der Waals surface area contributed by atoms with Gasteiger partial charge in [-0.05, 0) is 23.6 Å². The molecular formula is C29H35F2N9O12P2S2. The zero-order valence-electron chi connectivity index (χ0n) is 29.7. The van der Waals surface area contributed by atoms with Crippen molar-refractivity contribution in [3.63, 3.8) is 0 Å². The van der Waals surface area contributed by atoms with Crippen molar-refractivity contribution in [2.24, 2.45) is 16.8 Å². The van der Waals surface area contributed by atoms with Gasteiger partial charge in [0.05, 0.1) is 32.3 Å². The number of carbonyl (C=O) groups is 3. The van der Waals surface area contributed by atoms with Crippen LogP contribution in [0.4, 0.5) is 20.5 Å². The second-order valence-corrected chi connectivity index (χ2v) is 19.3. The van der Waals surface area contributed by atoms with Crippen LogP contribution in [0.1, 0.15) is 57.1 Å². The van der Waals surface area contributed by atoms with Crippen LogP contribution in [-0.4, -0.2) is 112 Å². The van der Waals surface area contributed by atoms with E-state index in [-0.39, 0.29) is 40.9 Å². The third-order valence-electron chi connectivity index (χ3n) is 8.99. The minimum atomic E-state index is -4.42. The normalized spacial score (nSPS) is 33.7. The van der Waals surface area contributed by atoms with Crippen LogP contribution in [0.5, 0.6) is 0 Å². The molecule has 27 heteroatoms. The Hall–Kier alpha value is -3.32. The fraction of sp³-hybridized carbons (Fsp3) is 0.586. The molecule has 10 atom stereocenters. The Morgan fingerprint density at radius 2 is 1.43 bits per heavy atom. The molecule has 0 radical (unpaired) electrons. The molecule has 7 heterocycles. The number of anilines is 1. The smallest absolute Gasteiger partial charge is 0.325 e. The number of amidine groups is 1. The van der Waals surface area contributed by atoms with E-state index in [2.05, 4.69) is 35.6 Å². The highest BCUT2D eigenvalue weighted by Crippen LogP contribution is 2.55. The van der Waals surface area contributed by atoms with Crippen LogP contribution in [0, 0.1) is 11.8 Å². The number of hydrogen-bond acceptors (Lipinski definition) is 16. The number of amides is 2. The molecule has 3 saturated heterocycles. The molecule has 2 unspecified atom stereocenters. The van der Waals surface area contributed by atoms with E-state index in [1.165, 1.54) is 0 Å². The summed E-state index contributed by atoms with van der Waals surface area (Å²) in [6.07, 6.45) is -12.1. The van der Waals surface area contributed by atoms with Gasteiger partial charge in [0, 0.05) is 11.8 Å². The topological polar surface area (TPSA) is 265 Å². The van der Waals surface area contributed by atoms with Crippen LogP contribution in [0.15, 0.2) is 22.4 Å². The highest BCUT2D eigenvalue weighted by atomic mass is 32.5. The number of carbonyl (C=O) groups excluding carboxylic acids is 3. The van der Waals surface area contributed by atoms with E-state index in [4.69, 9.17) is 51.2 Å². The Morgan fingerprint density at radius 3 is 2.00 bits per heavy atom. The molecule has 3 aromatic heterocycles. The third-order valence-corrected chi connectivity index (χ3v) is 12.1. The minimum Gasteiger partial charge on any atom is -0.346 e. The molecule has 3 aromatic rings. The summed E-state index contributed by atoms with van der Waals surface area (Å²) >= 11 is 10.4. The Balaban J connectivity index is 1.13. The Kier molecular flexibility index (Phi) is 11.3. The van der Waals surface area contributed by atoms with Crippen molar-refractivity contribution in [3.05, 3.63) is 28.7 Å². The van der Waals surface area contributed by atoms with E-state index >= 15 is 8.78 Å². The second-order valence-electron chi connectivity index (χ2n) is 13.7. The van der Waals surface area contributed by atoms with Crippen LogP contribution < -0.4 is 16.2 Å². The van der Waals surface area contributed by atoms with Gasteiger partial charge in [0.15, 0.2) is 53.3 Å². The van der Waals surface area contributed by atoms with Gasteiger partial charge in [0.1, 0.15) is 30.3 Å². The van der Waals surface area contributed by atoms with Crippen molar-refractivity contribution < 1.29 is 60.5 Å². The molecule has 0 aliphatic carbocycles. The largest absolute Gasteiger partial charge is 0.346 e. The first-order chi connectivity index (χ1) is 26.3. The average Bonchev–Trinajstić information content (AvgIpc) is 3.87. The SMILES string of the molecule is CC(C)C(=O)NC1=Nc2c(ncn2[C@@H]2O[C@@H]3COP(O)(=S)O[C@H]4[C@@H](F)[C@H](n5cnc6c(=O)[nH]c(NC(=O)C(C)C)nc65)O[C@@H]4COP(O)(=S)O[C@H]3[C@H]2F)C(=O)C1. The lowest BCUT2D eigenvalue weighted by Crippen LogP contribution is -2.37. The van der Waals surface area contributed by atoms with Crippen molar-refractivity contribution in [2.75, 3.05) is 18.5 Å². The average molecular weight is 866 g/mol. The van der Waals surface area contributed by atoms with Gasteiger partial charge in [-0.2, -0.15) is 4.98 Å². The molecule has 7 rings (SSSR count). The highest BCUT2D eigenvalue weighted by Gasteiger charge is 2.54. The number of rotatable bonds is 5. The van der Waals surface area contributed by atoms with Crippen molar-refractivity contribution in [1.82, 2.24) is 34.4 Å². The Bertz CT molecular complexity index is 2270. The first-order valence-corrected chi connectivity index (χ1v) is 22.2. The summed E-state index contributed by atoms with van der Waals surface area (Å²) in [4.78, 5) is 91.4. The van der Waals surface area contributed by atoms with Gasteiger partial charge in [-0.15, -0.1) is 0 Å². The highest BCUT2D eigenvalue weighted by molar-refractivity contribution is 8.07. The van der Waals surface area contributed by atoms with Gasteiger partial charge >= 0.3 is 13.4 Å². The number of ether oxygens (including phenoxy) is 2. The van der Waals surface area contributed by atoms with Gasteiger partial charge in [0.2, 0.25) is 17.8 Å². The number of ketones is 1. The van der Waals surface area contributed by atoms with Gasteiger partial charge in [-0.1, -0.05) is 27.7 Å². The maximum absolute atomic E-state index is 16.4. The van der Waals surface area contributed by atoms with Crippen molar-refractivity contribution >= 4 is 83.4 Å². The second kappa shape index (κ2) is 15.5. The number of fused-ring (bicyclic) bond motifs is 4. The van der Waals surface area contributed by atoms with E-state index in [0.29, 0.717) is 0 Å². The van der Waals surface area contributed by atoms with Gasteiger partial charge in [-0.25, -0.2) is 23.7 Å². The van der Waals surface area contributed by atoms with Crippen LogP contribution in [0.2, 0.25) is 0 Å². The number of aromatic amines is 1. The summed E-state index contributed by atoms with van der Waals surface area (Å²) in [5, 5.41) is 5.01. The Morgan fingerprint density at radius 1 is 0.893 bits per heavy atom. The third kappa shape index (κ3) is 8.05. The Labute approximate surface area is 325 Å². The summed E-state index contributed by atoms with van der Waals surface area (Å²) in [5.41, 5.74) is -1.27. The summed E-state index contributed by atoms with van der Waals surface area (Å²) in [5.74, 6) is -2.62. The van der Waals surface area contributed by atoms with E-state index < -0.39 is 111 Å². The van der Waals surface area contributed by atoms with Crippen LogP contribution in [-0.2, 0) is 60.8 Å². The number of nitrogens with zero attached hydrogens (tertiary/aromatic N) is 6. The summed E-state index contributed by atoms with van der Waals surface area (Å²) in [7, 11) is 0. The lowest BCUT2D eigenvalue weighted by molar-refractivity contribution is -0.122. The molecule has 21 nitrogen and oxygen atoms in total. The number of hydrogen-bond donors (Lipinski definition) is 5. The number of halogens is 2. The van der Waals surface area contributed by atoms with E-state index in [1.807, 2.05) is 0 Å². The number of nitrogens with one attached hydrogen (secondary N) is 3. The van der Waals surface area contributed by atoms with Crippen LogP contribution >= 0.6 is 13.4 Å². The molecule has 4 aliphatic heterocycles. The van der Waals surface area contributed by atoms with Gasteiger partial charge in [-0.3, -0.25) is 47.7 Å². The predicted octanol–water partition coefficient (Wildman–Crippen LogP) is 1.72. The van der Waals surface area contributed by atoms with Crippen LogP contribution in [0.25, 0.3) is 11.2 Å². The molecule has 2 amide bonds. The molecule has 0 spiro atoms. The number of aliphatic imine (C=N–C) groups is 1. The maximum atomic E-state index is 16.4. The zero-order valence-corrected chi connectivity index (χ0v) is 33.1. The fourth-order valence-electron chi connectivity index (χ4n) is 6.10. The van der Waals surface area contributed by atoms with Crippen molar-refractivity contribution in [3.8, 4) is 0 Å². The first kappa shape index (κ1) is 40.9. The zero-order chi connectivity index (χ0) is 40.4. The molecule has 5 N–H and O–H groups in total. The molecular weight excluding hydrogens is 830 g/mol. The number of aromatic nitrogens is 6. The number of alkyl halides is 2. The number of imidazole rings is 2. The quantitative estimate of drug-likeness (QED) is 0.229. The van der Waals surface area contributed by atoms with E-state index in [9.17, 15) is 29.0 Å². The van der Waals surface area contributed by atoms with Crippen LogP contribution in [0.3, 0.4) is 0 Å². The summed E-state index contributed by atoms with van der Waals surface area (Å²) < 4.78 is 69.0. The number of Topliss-reactive ketones (excluding diaryl/α,β-unsaturated/α-hetero) is 1. The first-order valence-electron chi connectivity index (χ1n) is 17.0. The molecule has 304 valence electrons. The van der Waals surface area contributed by atoms with E-state index in [1.54, 1.807) is 27.7 Å². The molecule has 0 saturated carbocycles. The maximum Gasteiger partial charge on any atom is 0.325 e. The van der Waals surface area contributed by atoms with Crippen molar-refractivity contribution in [2.45, 2.75) is 83.3 Å². The molecule has 4 aliphatic rings. The molecule has 0 aromatic carbocycles. The summed E-state index contributed by atoms with van der Waals surface area (Å²) in [6.45, 7) is -3.79. The lowest BCUT2D eigenvalue weighted by atomic mass is 10.1. The monoisotopic (exact) mass is 865 g/mol. The number of H-pyrrole nitrogens is 1. The van der Waals surface area contributed by atoms with E-state index in [0.717, 1.165) is 21.8 Å². The summed E-state index contributed by atoms with van der Waals surface area (Å²) in [6, 6.07) is 0. The molecule has 56 heavy (non-hydrogen) atoms. The van der Waals surface area contributed by atoms with Crippen molar-refractivity contribution in [1.29, 1.82) is 0 Å². The van der Waals surface area contributed by atoms with Gasteiger partial charge in [0.25, 0.3) is 5.56 Å². The standard InChI is InChI=1S/C29H35F2N9O12P2S2/c1-10(2)24(42)35-15-5-12(41)18-22(34-15)39(8-32-18)27-16(30)20-13(49-27)6-47-54(46,56)52-21-14(7-48-53(45,55)51-20)50-28(17(21)31)40-9-33-19-23(40)36-29(38-26(19)44)37-25(43)11(3)4/h8-11,13-14,16-17,20-21,27-28H,5-7H2,1-4H3,(H,45,55)(H,46,56)(H,34,35,42)(H2,36,37,38,43,44)/t13-,14-,16-,17-,20-,21-,27-,28-,53?,54?/m1/s1. The predicted molar refractivity (Wildman–Crippen MR) is 195 cm³/mol. The molecule has 3 fully saturated rings. The lowest BCUT2D eigenvalue weighted by Gasteiger charge is -2.29. The van der Waals surface area contributed by atoms with Gasteiger partial charge < -0.3 is 33.6 Å². The molecule has 0 bridgehead atoms. The fourth-order valence-corrected chi connectivity index (χ4v) is 8.98. The minimum absolute atomic E-state index is 0.00650.